The zero-order valence-corrected chi connectivity index (χ0v) is 17.0. The van der Waals surface area contributed by atoms with E-state index in [2.05, 4.69) is 4.90 Å². The minimum absolute atomic E-state index is 0.144. The molecule has 28 heavy (non-hydrogen) atoms. The van der Waals surface area contributed by atoms with Gasteiger partial charge in [-0.05, 0) is 55.0 Å². The number of carbonyl (C=O) groups is 1. The van der Waals surface area contributed by atoms with Crippen molar-refractivity contribution >= 4 is 34.3 Å². The normalized spacial score (nSPS) is 15.4. The fraction of sp³-hybridized carbons (Fsp3) is 0.350. The van der Waals surface area contributed by atoms with Crippen LogP contribution in [0.5, 0.6) is 5.75 Å². The number of ether oxygens (including phenoxy) is 1. The lowest BCUT2D eigenvalue weighted by Gasteiger charge is -2.36. The molecule has 1 heterocycles. The van der Waals surface area contributed by atoms with Crippen LogP contribution in [0.4, 0.5) is 5.69 Å². The summed E-state index contributed by atoms with van der Waals surface area (Å²) >= 11 is 3.88. The van der Waals surface area contributed by atoms with Crippen LogP contribution in [0.15, 0.2) is 53.4 Å². The lowest BCUT2D eigenvalue weighted by atomic mass is 10.2. The molecule has 0 aromatic heterocycles. The number of benzene rings is 2. The zero-order chi connectivity index (χ0) is 19.9. The van der Waals surface area contributed by atoms with Crippen molar-refractivity contribution in [3.05, 3.63) is 53.6 Å². The third kappa shape index (κ3) is 5.70. The average molecular weight is 423 g/mol. The second-order valence-corrected chi connectivity index (χ2v) is 7.92. The summed E-state index contributed by atoms with van der Waals surface area (Å²) in [6, 6.07) is 14.2. The first-order chi connectivity index (χ1) is 13.5. The molecule has 8 heteroatoms. The van der Waals surface area contributed by atoms with Crippen molar-refractivity contribution in [2.24, 2.45) is 0 Å². The van der Waals surface area contributed by atoms with Crippen LogP contribution in [0.1, 0.15) is 12.8 Å². The first kappa shape index (κ1) is 20.6. The highest BCUT2D eigenvalue weighted by Crippen LogP contribution is 2.19. The number of rotatable bonds is 7. The molecule has 1 aliphatic rings. The summed E-state index contributed by atoms with van der Waals surface area (Å²) in [4.78, 5) is 16.8. The van der Waals surface area contributed by atoms with Crippen molar-refractivity contribution in [1.29, 1.82) is 0 Å². The Morgan fingerprint density at radius 1 is 1.04 bits per heavy atom. The van der Waals surface area contributed by atoms with Crippen molar-refractivity contribution in [2.75, 3.05) is 37.7 Å². The van der Waals surface area contributed by atoms with Gasteiger partial charge in [0.05, 0.1) is 11.5 Å². The third-order valence-corrected chi connectivity index (χ3v) is 5.58. The Balaban J connectivity index is 1.38. The van der Waals surface area contributed by atoms with Crippen LogP contribution in [-0.4, -0.2) is 52.4 Å². The van der Waals surface area contributed by atoms with Crippen LogP contribution in [0.2, 0.25) is 5.02 Å². The maximum Gasteiger partial charge on any atom is 0.222 e. The molecule has 1 fully saturated rings. The van der Waals surface area contributed by atoms with E-state index in [1.165, 1.54) is 0 Å². The van der Waals surface area contributed by atoms with E-state index in [1.54, 1.807) is 24.3 Å². The van der Waals surface area contributed by atoms with E-state index >= 15 is 0 Å². The maximum atomic E-state index is 12.4. The fourth-order valence-corrected chi connectivity index (χ4v) is 3.58. The Labute approximate surface area is 172 Å². The van der Waals surface area contributed by atoms with Gasteiger partial charge < -0.3 is 19.1 Å². The van der Waals surface area contributed by atoms with E-state index in [0.717, 1.165) is 24.5 Å². The lowest BCUT2D eigenvalue weighted by molar-refractivity contribution is -0.131. The molecule has 1 aliphatic heterocycles. The highest BCUT2D eigenvalue weighted by atomic mass is 35.5. The van der Waals surface area contributed by atoms with Gasteiger partial charge in [0.2, 0.25) is 5.91 Å². The molecule has 1 amide bonds. The smallest absolute Gasteiger partial charge is 0.222 e. The molecule has 1 saturated heterocycles. The molecule has 1 unspecified atom stereocenters. The number of piperazine rings is 1. The molecule has 0 spiro atoms. The standard InChI is InChI=1S/C20H23ClN2O4S/c21-16-3-7-18(8-4-16)27-15-1-2-20(24)23-13-11-22(12-14-23)17-5-9-19(10-6-17)28(25)26/h3-10H,1-2,11-15H2,(H,25,26). The Kier molecular flexibility index (Phi) is 7.30. The molecular formula is C20H23ClN2O4S. The second-order valence-electron chi connectivity index (χ2n) is 6.52. The molecule has 0 saturated carbocycles. The minimum Gasteiger partial charge on any atom is -0.494 e. The summed E-state index contributed by atoms with van der Waals surface area (Å²) < 4.78 is 25.8. The van der Waals surface area contributed by atoms with Gasteiger partial charge >= 0.3 is 0 Å². The SMILES string of the molecule is O=C(CCCOc1ccc(Cl)cc1)N1CCN(c2ccc(S(=O)O)cc2)CC1. The molecule has 150 valence electrons. The lowest BCUT2D eigenvalue weighted by Crippen LogP contribution is -2.48. The Hall–Kier alpha value is -2.09. The number of nitrogens with zero attached hydrogens (tertiary/aromatic N) is 2. The highest BCUT2D eigenvalue weighted by Gasteiger charge is 2.21. The van der Waals surface area contributed by atoms with Gasteiger partial charge in [-0.15, -0.1) is 0 Å². The van der Waals surface area contributed by atoms with Crippen LogP contribution in [-0.2, 0) is 15.9 Å². The Morgan fingerprint density at radius 2 is 1.68 bits per heavy atom. The van der Waals surface area contributed by atoms with E-state index in [9.17, 15) is 9.00 Å². The molecule has 1 atom stereocenters. The molecule has 2 aromatic carbocycles. The topological polar surface area (TPSA) is 70.1 Å². The van der Waals surface area contributed by atoms with Gasteiger partial charge in [-0.1, -0.05) is 11.6 Å². The van der Waals surface area contributed by atoms with Crippen molar-refractivity contribution in [1.82, 2.24) is 4.90 Å². The zero-order valence-electron chi connectivity index (χ0n) is 15.4. The van der Waals surface area contributed by atoms with Gasteiger partial charge in [0, 0.05) is 43.3 Å². The number of amides is 1. The van der Waals surface area contributed by atoms with Crippen LogP contribution in [0, 0.1) is 0 Å². The van der Waals surface area contributed by atoms with Crippen molar-refractivity contribution in [3.63, 3.8) is 0 Å². The molecule has 1 N–H and O–H groups in total. The van der Waals surface area contributed by atoms with E-state index in [-0.39, 0.29) is 5.91 Å². The summed E-state index contributed by atoms with van der Waals surface area (Å²) in [5.74, 6) is 0.895. The predicted molar refractivity (Wildman–Crippen MR) is 110 cm³/mol. The third-order valence-electron chi connectivity index (χ3n) is 4.65. The molecule has 2 aromatic rings. The van der Waals surface area contributed by atoms with E-state index < -0.39 is 11.1 Å². The van der Waals surface area contributed by atoms with Gasteiger partial charge in [0.25, 0.3) is 0 Å². The Bertz CT molecular complexity index is 806. The fourth-order valence-electron chi connectivity index (χ4n) is 3.09. The molecule has 6 nitrogen and oxygen atoms in total. The maximum absolute atomic E-state index is 12.4. The van der Waals surface area contributed by atoms with E-state index in [1.807, 2.05) is 29.2 Å². The summed E-state index contributed by atoms with van der Waals surface area (Å²) in [5.41, 5.74) is 0.998. The Morgan fingerprint density at radius 3 is 2.29 bits per heavy atom. The number of hydrogen-bond donors (Lipinski definition) is 1. The average Bonchev–Trinajstić information content (AvgIpc) is 2.72. The van der Waals surface area contributed by atoms with Crippen molar-refractivity contribution in [2.45, 2.75) is 17.7 Å². The second kappa shape index (κ2) is 9.91. The minimum atomic E-state index is -1.96. The summed E-state index contributed by atoms with van der Waals surface area (Å²) in [7, 11) is 0. The molecule has 0 aliphatic carbocycles. The quantitative estimate of drug-likeness (QED) is 0.546. The summed E-state index contributed by atoms with van der Waals surface area (Å²) in [6.45, 7) is 3.32. The predicted octanol–water partition coefficient (Wildman–Crippen LogP) is 3.43. The molecule has 3 rings (SSSR count). The van der Waals surface area contributed by atoms with Gasteiger partial charge in [-0.2, -0.15) is 0 Å². The van der Waals surface area contributed by atoms with E-state index in [4.69, 9.17) is 20.9 Å². The molecular weight excluding hydrogens is 400 g/mol. The number of hydrogen-bond acceptors (Lipinski definition) is 4. The van der Waals surface area contributed by atoms with Crippen molar-refractivity contribution in [3.8, 4) is 5.75 Å². The van der Waals surface area contributed by atoms with Crippen molar-refractivity contribution < 1.29 is 18.3 Å². The van der Waals surface area contributed by atoms with Crippen LogP contribution >= 0.6 is 11.6 Å². The first-order valence-corrected chi connectivity index (χ1v) is 10.6. The van der Waals surface area contributed by atoms with Gasteiger partial charge in [-0.3, -0.25) is 4.79 Å². The highest BCUT2D eigenvalue weighted by molar-refractivity contribution is 7.79. The van der Waals surface area contributed by atoms with Gasteiger partial charge in [0.15, 0.2) is 11.1 Å². The monoisotopic (exact) mass is 422 g/mol. The summed E-state index contributed by atoms with van der Waals surface area (Å²) in [6.07, 6.45) is 1.13. The van der Waals surface area contributed by atoms with Crippen LogP contribution < -0.4 is 9.64 Å². The van der Waals surface area contributed by atoms with E-state index in [0.29, 0.717) is 42.5 Å². The number of halogens is 1. The van der Waals surface area contributed by atoms with Gasteiger partial charge in [0.1, 0.15) is 5.75 Å². The van der Waals surface area contributed by atoms with Crippen LogP contribution in [0.3, 0.4) is 0 Å². The van der Waals surface area contributed by atoms with Gasteiger partial charge in [-0.25, -0.2) is 4.21 Å². The first-order valence-electron chi connectivity index (χ1n) is 9.15. The van der Waals surface area contributed by atoms with Crippen LogP contribution in [0.25, 0.3) is 0 Å². The molecule has 0 bridgehead atoms. The summed E-state index contributed by atoms with van der Waals surface area (Å²) in [5, 5.41) is 0.668. The molecule has 0 radical (unpaired) electrons. The largest absolute Gasteiger partial charge is 0.494 e. The number of anilines is 1. The number of carbonyl (C=O) groups excluding carboxylic acids is 1.